The summed E-state index contributed by atoms with van der Waals surface area (Å²) in [5.74, 6) is -0.638. The van der Waals surface area contributed by atoms with Gasteiger partial charge in [0.05, 0.1) is 16.8 Å². The molecule has 7 heteroatoms. The molecule has 2 N–H and O–H groups in total. The van der Waals surface area contributed by atoms with Crippen molar-refractivity contribution in [1.82, 2.24) is 9.97 Å². The molecule has 0 saturated heterocycles. The Bertz CT molecular complexity index is 857. The lowest BCUT2D eigenvalue weighted by atomic mass is 10.2. The molecule has 3 rings (SSSR count). The lowest BCUT2D eigenvalue weighted by Gasteiger charge is -2.05. The van der Waals surface area contributed by atoms with Gasteiger partial charge in [0, 0.05) is 0 Å². The van der Waals surface area contributed by atoms with E-state index in [1.54, 1.807) is 18.2 Å². The first-order chi connectivity index (χ1) is 10.0. The van der Waals surface area contributed by atoms with Gasteiger partial charge >= 0.3 is 0 Å². The van der Waals surface area contributed by atoms with E-state index in [0.717, 1.165) is 5.52 Å². The number of rotatable bonds is 4. The quantitative estimate of drug-likeness (QED) is 0.778. The second-order valence-corrected chi connectivity index (χ2v) is 6.32. The van der Waals surface area contributed by atoms with Crippen molar-refractivity contribution in [3.05, 3.63) is 59.9 Å². The van der Waals surface area contributed by atoms with Crippen molar-refractivity contribution in [1.29, 1.82) is 0 Å². The van der Waals surface area contributed by atoms with Crippen molar-refractivity contribution in [3.63, 3.8) is 0 Å². The molecule has 0 aliphatic rings. The topological polar surface area (TPSA) is 74.8 Å². The van der Waals surface area contributed by atoms with Crippen LogP contribution in [0.1, 0.15) is 5.56 Å². The fraction of sp³-hybridized carbons (Fsp3) is 0.0714. The monoisotopic (exact) mass is 305 g/mol. The van der Waals surface area contributed by atoms with E-state index in [1.807, 2.05) is 12.1 Å². The smallest absolute Gasteiger partial charge is 0.239 e. The first kappa shape index (κ1) is 13.6. The Morgan fingerprint density at radius 3 is 2.71 bits per heavy atom. The standard InChI is InChI=1S/C14H12FN3O2S/c15-11-5-3-4-10(8-11)9-21(19,20)18-14-16-12-6-1-2-7-13(12)17-14/h1-8H,9H2,(H2,16,17,18). The van der Waals surface area contributed by atoms with Gasteiger partial charge in [0.1, 0.15) is 5.82 Å². The van der Waals surface area contributed by atoms with Crippen LogP contribution < -0.4 is 4.72 Å². The van der Waals surface area contributed by atoms with E-state index in [4.69, 9.17) is 0 Å². The summed E-state index contributed by atoms with van der Waals surface area (Å²) in [5.41, 5.74) is 1.78. The predicted molar refractivity (Wildman–Crippen MR) is 78.7 cm³/mol. The molecule has 0 atom stereocenters. The second-order valence-electron chi connectivity index (χ2n) is 4.59. The fourth-order valence-electron chi connectivity index (χ4n) is 2.03. The molecule has 0 amide bonds. The summed E-state index contributed by atoms with van der Waals surface area (Å²) in [6.07, 6.45) is 0. The molecule has 2 aromatic carbocycles. The summed E-state index contributed by atoms with van der Waals surface area (Å²) >= 11 is 0. The molecule has 1 aromatic heterocycles. The summed E-state index contributed by atoms with van der Waals surface area (Å²) in [6, 6.07) is 12.7. The van der Waals surface area contributed by atoms with Gasteiger partial charge in [0.15, 0.2) is 0 Å². The number of halogens is 1. The number of aromatic amines is 1. The van der Waals surface area contributed by atoms with Gasteiger partial charge in [0.2, 0.25) is 16.0 Å². The Kier molecular flexibility index (Phi) is 3.34. The number of anilines is 1. The number of hydrogen-bond acceptors (Lipinski definition) is 3. The highest BCUT2D eigenvalue weighted by molar-refractivity contribution is 7.91. The number of fused-ring (bicyclic) bond motifs is 1. The molecule has 0 unspecified atom stereocenters. The van der Waals surface area contributed by atoms with Crippen LogP contribution in [0.25, 0.3) is 11.0 Å². The van der Waals surface area contributed by atoms with Gasteiger partial charge in [-0.2, -0.15) is 0 Å². The van der Waals surface area contributed by atoms with E-state index >= 15 is 0 Å². The van der Waals surface area contributed by atoms with Crippen molar-refractivity contribution in [2.45, 2.75) is 5.75 Å². The van der Waals surface area contributed by atoms with Crippen molar-refractivity contribution in [3.8, 4) is 0 Å². The summed E-state index contributed by atoms with van der Waals surface area (Å²) < 4.78 is 39.6. The van der Waals surface area contributed by atoms with Crippen molar-refractivity contribution in [2.75, 3.05) is 4.72 Å². The minimum atomic E-state index is -3.66. The predicted octanol–water partition coefficient (Wildman–Crippen LogP) is 2.64. The molecular formula is C14H12FN3O2S. The summed E-state index contributed by atoms with van der Waals surface area (Å²) in [5, 5.41) is 0. The van der Waals surface area contributed by atoms with Gasteiger partial charge < -0.3 is 4.98 Å². The lowest BCUT2D eigenvalue weighted by molar-refractivity contribution is 0.599. The van der Waals surface area contributed by atoms with Gasteiger partial charge in [-0.1, -0.05) is 24.3 Å². The molecule has 0 fully saturated rings. The van der Waals surface area contributed by atoms with E-state index < -0.39 is 15.8 Å². The van der Waals surface area contributed by atoms with E-state index in [0.29, 0.717) is 11.1 Å². The van der Waals surface area contributed by atoms with Crippen LogP contribution in [0, 0.1) is 5.82 Å². The van der Waals surface area contributed by atoms with E-state index in [9.17, 15) is 12.8 Å². The fourth-order valence-corrected chi connectivity index (χ4v) is 3.11. The third-order valence-electron chi connectivity index (χ3n) is 2.89. The van der Waals surface area contributed by atoms with Crippen molar-refractivity contribution in [2.24, 2.45) is 0 Å². The zero-order valence-corrected chi connectivity index (χ0v) is 11.7. The van der Waals surface area contributed by atoms with Crippen LogP contribution >= 0.6 is 0 Å². The number of nitrogens with zero attached hydrogens (tertiary/aromatic N) is 1. The Hall–Kier alpha value is -2.41. The van der Waals surface area contributed by atoms with Gasteiger partial charge in [0.25, 0.3) is 0 Å². The number of H-pyrrole nitrogens is 1. The summed E-state index contributed by atoms with van der Waals surface area (Å²) in [6.45, 7) is 0. The third-order valence-corrected chi connectivity index (χ3v) is 4.10. The number of sulfonamides is 1. The average Bonchev–Trinajstić information content (AvgIpc) is 2.79. The third kappa shape index (κ3) is 3.19. The van der Waals surface area contributed by atoms with Gasteiger partial charge in [-0.25, -0.2) is 17.8 Å². The first-order valence-corrected chi connectivity index (χ1v) is 7.87. The minimum absolute atomic E-state index is 0.146. The molecule has 21 heavy (non-hydrogen) atoms. The highest BCUT2D eigenvalue weighted by Gasteiger charge is 2.14. The number of imidazole rings is 1. The van der Waals surface area contributed by atoms with Crippen LogP contribution in [0.2, 0.25) is 0 Å². The van der Waals surface area contributed by atoms with Gasteiger partial charge in [-0.15, -0.1) is 0 Å². The van der Waals surface area contributed by atoms with Crippen LogP contribution in [0.5, 0.6) is 0 Å². The first-order valence-electron chi connectivity index (χ1n) is 6.21. The average molecular weight is 305 g/mol. The highest BCUT2D eigenvalue weighted by atomic mass is 32.2. The van der Waals surface area contributed by atoms with E-state index in [-0.39, 0.29) is 11.7 Å². The Balaban J connectivity index is 1.82. The zero-order valence-electron chi connectivity index (χ0n) is 10.9. The molecule has 0 bridgehead atoms. The van der Waals surface area contributed by atoms with Gasteiger partial charge in [-0.3, -0.25) is 4.72 Å². The SMILES string of the molecule is O=S(=O)(Cc1cccc(F)c1)Nc1nc2ccccc2[nH]1. The Morgan fingerprint density at radius 2 is 1.95 bits per heavy atom. The number of aromatic nitrogens is 2. The molecule has 108 valence electrons. The molecule has 0 radical (unpaired) electrons. The maximum atomic E-state index is 13.1. The van der Waals surface area contributed by atoms with Crippen molar-refractivity contribution < 1.29 is 12.8 Å². The highest BCUT2D eigenvalue weighted by Crippen LogP contribution is 2.16. The van der Waals surface area contributed by atoms with Crippen LogP contribution in [-0.2, 0) is 15.8 Å². The molecule has 1 heterocycles. The summed E-state index contributed by atoms with van der Waals surface area (Å²) in [4.78, 5) is 7.01. The number of hydrogen-bond donors (Lipinski definition) is 2. The molecule has 5 nitrogen and oxygen atoms in total. The van der Waals surface area contributed by atoms with Gasteiger partial charge in [-0.05, 0) is 29.8 Å². The molecular weight excluding hydrogens is 293 g/mol. The molecule has 3 aromatic rings. The Morgan fingerprint density at radius 1 is 1.14 bits per heavy atom. The lowest BCUT2D eigenvalue weighted by Crippen LogP contribution is -2.16. The number of nitrogens with one attached hydrogen (secondary N) is 2. The maximum Gasteiger partial charge on any atom is 0.239 e. The molecule has 0 aliphatic heterocycles. The minimum Gasteiger partial charge on any atom is -0.323 e. The summed E-state index contributed by atoms with van der Waals surface area (Å²) in [7, 11) is -3.66. The van der Waals surface area contributed by atoms with E-state index in [1.165, 1.54) is 18.2 Å². The molecule has 0 saturated carbocycles. The van der Waals surface area contributed by atoms with Crippen LogP contribution in [0.15, 0.2) is 48.5 Å². The normalized spacial score (nSPS) is 11.7. The van der Waals surface area contributed by atoms with Crippen LogP contribution in [-0.4, -0.2) is 18.4 Å². The van der Waals surface area contributed by atoms with Crippen LogP contribution in [0.3, 0.4) is 0 Å². The number of benzene rings is 2. The second kappa shape index (κ2) is 5.17. The van der Waals surface area contributed by atoms with Crippen LogP contribution in [0.4, 0.5) is 10.3 Å². The Labute approximate surface area is 120 Å². The van der Waals surface area contributed by atoms with E-state index in [2.05, 4.69) is 14.7 Å². The molecule has 0 aliphatic carbocycles. The maximum absolute atomic E-state index is 13.1. The zero-order chi connectivity index (χ0) is 14.9. The number of para-hydroxylation sites is 2. The molecule has 0 spiro atoms. The van der Waals surface area contributed by atoms with Crippen molar-refractivity contribution >= 4 is 27.0 Å². The largest absolute Gasteiger partial charge is 0.323 e.